The van der Waals surface area contributed by atoms with Gasteiger partial charge in [0.05, 0.1) is 11.5 Å². The van der Waals surface area contributed by atoms with Crippen molar-refractivity contribution in [1.82, 2.24) is 9.88 Å². The molecular weight excluding hydrogens is 541 g/mol. The predicted molar refractivity (Wildman–Crippen MR) is 147 cm³/mol. The lowest BCUT2D eigenvalue weighted by Gasteiger charge is -2.32. The number of halogens is 1. The number of ether oxygens (including phenoxy) is 2. The maximum atomic E-state index is 14.3. The summed E-state index contributed by atoms with van der Waals surface area (Å²) in [6.07, 6.45) is 6.87. The summed E-state index contributed by atoms with van der Waals surface area (Å²) in [4.78, 5) is 20.2. The van der Waals surface area contributed by atoms with E-state index in [0.29, 0.717) is 59.5 Å². The van der Waals surface area contributed by atoms with E-state index in [9.17, 15) is 17.6 Å². The molecule has 3 fully saturated rings. The normalized spacial score (nSPS) is 19.3. The van der Waals surface area contributed by atoms with Crippen LogP contribution in [0.3, 0.4) is 0 Å². The number of pyridine rings is 1. The first-order valence-electron chi connectivity index (χ1n) is 13.7. The van der Waals surface area contributed by atoms with Gasteiger partial charge in [0.2, 0.25) is 15.9 Å². The third-order valence-electron chi connectivity index (χ3n) is 7.79. The number of rotatable bonds is 10. The van der Waals surface area contributed by atoms with Gasteiger partial charge in [-0.15, -0.1) is 11.8 Å². The first-order chi connectivity index (χ1) is 18.8. The predicted octanol–water partition coefficient (Wildman–Crippen LogP) is 4.59. The van der Waals surface area contributed by atoms with E-state index in [-0.39, 0.29) is 10.8 Å². The smallest absolute Gasteiger partial charge is 0.254 e. The number of amides is 1. The Morgan fingerprint density at radius 3 is 2.49 bits per heavy atom. The lowest BCUT2D eigenvalue weighted by molar-refractivity contribution is 0.0489. The molecule has 2 aliphatic heterocycles. The van der Waals surface area contributed by atoms with Crippen molar-refractivity contribution in [1.29, 1.82) is 0 Å². The van der Waals surface area contributed by atoms with E-state index in [0.717, 1.165) is 69.9 Å². The number of hydrogen-bond acceptors (Lipinski definition) is 7. The van der Waals surface area contributed by atoms with Gasteiger partial charge in [-0.3, -0.25) is 4.79 Å². The van der Waals surface area contributed by atoms with Gasteiger partial charge >= 0.3 is 0 Å². The number of carbonyl (C=O) groups is 1. The van der Waals surface area contributed by atoms with Crippen molar-refractivity contribution in [3.8, 4) is 5.88 Å². The van der Waals surface area contributed by atoms with Crippen LogP contribution in [0.4, 0.5) is 4.39 Å². The largest absolute Gasteiger partial charge is 0.477 e. The van der Waals surface area contributed by atoms with E-state index >= 15 is 0 Å². The monoisotopic (exact) mass is 577 g/mol. The van der Waals surface area contributed by atoms with Crippen LogP contribution in [0.5, 0.6) is 5.88 Å². The molecule has 0 spiro atoms. The molecule has 39 heavy (non-hydrogen) atoms. The summed E-state index contributed by atoms with van der Waals surface area (Å²) in [5.41, 5.74) is 1.61. The molecular formula is C28H36FN3O5S2. The maximum Gasteiger partial charge on any atom is 0.254 e. The quantitative estimate of drug-likeness (QED) is 0.411. The van der Waals surface area contributed by atoms with E-state index in [2.05, 4.69) is 0 Å². The average Bonchev–Trinajstić information content (AvgIpc) is 3.78. The first-order valence-corrected chi connectivity index (χ1v) is 16.3. The zero-order valence-corrected chi connectivity index (χ0v) is 23.7. The van der Waals surface area contributed by atoms with Gasteiger partial charge in [0, 0.05) is 54.4 Å². The van der Waals surface area contributed by atoms with Crippen LogP contribution in [0.2, 0.25) is 0 Å². The molecule has 3 heterocycles. The van der Waals surface area contributed by atoms with Crippen molar-refractivity contribution in [2.24, 2.45) is 17.0 Å². The van der Waals surface area contributed by atoms with Gasteiger partial charge in [-0.1, -0.05) is 0 Å². The van der Waals surface area contributed by atoms with Gasteiger partial charge in [0.25, 0.3) is 5.91 Å². The fraction of sp³-hybridized carbons (Fsp3) is 0.571. The molecule has 11 heteroatoms. The lowest BCUT2D eigenvalue weighted by atomic mass is 9.94. The van der Waals surface area contributed by atoms with E-state index in [1.165, 1.54) is 23.9 Å². The number of nitrogens with two attached hydrogens (primary N) is 1. The van der Waals surface area contributed by atoms with Crippen LogP contribution < -0.4 is 9.88 Å². The third-order valence-corrected chi connectivity index (χ3v) is 9.78. The number of primary sulfonamides is 1. The van der Waals surface area contributed by atoms with Crippen molar-refractivity contribution in [3.63, 3.8) is 0 Å². The average molecular weight is 578 g/mol. The molecule has 2 aromatic rings. The standard InChI is InChI=1S/C28H36FN3O5S2/c29-24-17-23(39(30,34)35)3-4-26(24)38-14-9-19-5-10-32(11-6-19)28(33)22-15-25(21-1-2-21)31-27(16-22)37-18-20-7-12-36-13-8-20/h3-4,15-17,19-21H,1-2,5-14,18H2,(H2,30,34,35). The summed E-state index contributed by atoms with van der Waals surface area (Å²) in [7, 11) is -3.92. The Morgan fingerprint density at radius 2 is 1.82 bits per heavy atom. The fourth-order valence-electron chi connectivity index (χ4n) is 5.15. The Morgan fingerprint density at radius 1 is 1.08 bits per heavy atom. The first kappa shape index (κ1) is 28.3. The molecule has 5 rings (SSSR count). The molecule has 1 aromatic carbocycles. The molecule has 3 aliphatic rings. The number of piperidine rings is 1. The molecule has 0 bridgehead atoms. The van der Waals surface area contributed by atoms with E-state index in [4.69, 9.17) is 19.6 Å². The van der Waals surface area contributed by atoms with Crippen LogP contribution in [-0.2, 0) is 14.8 Å². The second kappa shape index (κ2) is 12.5. The van der Waals surface area contributed by atoms with Gasteiger partial charge in [-0.05, 0) is 86.8 Å². The number of carbonyl (C=O) groups excluding carboxylic acids is 1. The second-order valence-electron chi connectivity index (χ2n) is 10.8. The molecule has 1 aromatic heterocycles. The summed E-state index contributed by atoms with van der Waals surface area (Å²) in [6, 6.07) is 7.51. The van der Waals surface area contributed by atoms with Crippen molar-refractivity contribution in [2.75, 3.05) is 38.7 Å². The van der Waals surface area contributed by atoms with Crippen LogP contribution in [0.1, 0.15) is 66.9 Å². The van der Waals surface area contributed by atoms with Gasteiger partial charge in [0.15, 0.2) is 0 Å². The highest BCUT2D eigenvalue weighted by Gasteiger charge is 2.29. The zero-order valence-electron chi connectivity index (χ0n) is 22.0. The summed E-state index contributed by atoms with van der Waals surface area (Å²) < 4.78 is 48.6. The maximum absolute atomic E-state index is 14.3. The lowest BCUT2D eigenvalue weighted by Crippen LogP contribution is -2.38. The van der Waals surface area contributed by atoms with Crippen LogP contribution >= 0.6 is 11.8 Å². The van der Waals surface area contributed by atoms with Crippen LogP contribution in [-0.4, -0.2) is 62.9 Å². The van der Waals surface area contributed by atoms with Crippen molar-refractivity contribution in [2.45, 2.75) is 60.7 Å². The van der Waals surface area contributed by atoms with Crippen LogP contribution in [0.25, 0.3) is 0 Å². The highest BCUT2D eigenvalue weighted by atomic mass is 32.2. The van der Waals surface area contributed by atoms with Crippen molar-refractivity contribution >= 4 is 27.7 Å². The molecule has 212 valence electrons. The fourth-order valence-corrected chi connectivity index (χ4v) is 6.70. The molecule has 0 radical (unpaired) electrons. The molecule has 1 amide bonds. The second-order valence-corrected chi connectivity index (χ2v) is 13.5. The van der Waals surface area contributed by atoms with Gasteiger partial charge in [0.1, 0.15) is 5.82 Å². The van der Waals surface area contributed by atoms with Gasteiger partial charge < -0.3 is 14.4 Å². The number of nitrogens with zero attached hydrogens (tertiary/aromatic N) is 2. The molecule has 2 saturated heterocycles. The Balaban J connectivity index is 1.12. The summed E-state index contributed by atoms with van der Waals surface area (Å²) >= 11 is 1.37. The molecule has 0 atom stereocenters. The molecule has 8 nitrogen and oxygen atoms in total. The SMILES string of the molecule is NS(=O)(=O)c1ccc(SCCC2CCN(C(=O)c3cc(OCC4CCOCC4)nc(C4CC4)c3)CC2)c(F)c1. The van der Waals surface area contributed by atoms with Crippen molar-refractivity contribution < 1.29 is 27.1 Å². The minimum Gasteiger partial charge on any atom is -0.477 e. The van der Waals surface area contributed by atoms with E-state index in [1.54, 1.807) is 6.07 Å². The third kappa shape index (κ3) is 7.71. The summed E-state index contributed by atoms with van der Waals surface area (Å²) in [5.74, 6) is 2.04. The number of aromatic nitrogens is 1. The van der Waals surface area contributed by atoms with Crippen molar-refractivity contribution in [3.05, 3.63) is 47.4 Å². The minimum absolute atomic E-state index is 0.0278. The zero-order chi connectivity index (χ0) is 27.4. The highest BCUT2D eigenvalue weighted by molar-refractivity contribution is 7.99. The molecule has 0 unspecified atom stereocenters. The Kier molecular flexibility index (Phi) is 9.10. The number of sulfonamides is 1. The van der Waals surface area contributed by atoms with Gasteiger partial charge in [-0.2, -0.15) is 0 Å². The minimum atomic E-state index is -3.92. The van der Waals surface area contributed by atoms with Crippen LogP contribution in [0, 0.1) is 17.7 Å². The summed E-state index contributed by atoms with van der Waals surface area (Å²) in [6.45, 7) is 3.51. The van der Waals surface area contributed by atoms with E-state index < -0.39 is 15.8 Å². The number of benzene rings is 1. The summed E-state index contributed by atoms with van der Waals surface area (Å²) in [5, 5.41) is 5.07. The topological polar surface area (TPSA) is 112 Å². The molecule has 1 aliphatic carbocycles. The highest BCUT2D eigenvalue weighted by Crippen LogP contribution is 2.40. The van der Waals surface area contributed by atoms with Crippen LogP contribution in [0.15, 0.2) is 40.1 Å². The number of likely N-dealkylation sites (tertiary alicyclic amines) is 1. The Bertz CT molecular complexity index is 1270. The number of hydrogen-bond donors (Lipinski definition) is 1. The Labute approximate surface area is 233 Å². The van der Waals surface area contributed by atoms with E-state index in [1.807, 2.05) is 11.0 Å². The molecule has 1 saturated carbocycles. The molecule has 2 N–H and O–H groups in total. The van der Waals surface area contributed by atoms with Gasteiger partial charge in [-0.25, -0.2) is 22.9 Å². The number of thioether (sulfide) groups is 1. The Hall–Kier alpha value is -2.21.